The maximum atomic E-state index is 12.0. The van der Waals surface area contributed by atoms with E-state index in [0.717, 1.165) is 11.1 Å². The van der Waals surface area contributed by atoms with Crippen molar-refractivity contribution in [1.29, 1.82) is 0 Å². The fourth-order valence-corrected chi connectivity index (χ4v) is 2.63. The summed E-state index contributed by atoms with van der Waals surface area (Å²) >= 11 is 5.79. The van der Waals surface area contributed by atoms with Crippen LogP contribution in [-0.4, -0.2) is 24.6 Å². The third-order valence-electron chi connectivity index (χ3n) is 4.03. The van der Waals surface area contributed by atoms with E-state index in [1.165, 1.54) is 6.21 Å². The molecule has 0 saturated heterocycles. The minimum Gasteiger partial charge on any atom is -0.489 e. The van der Waals surface area contributed by atoms with Crippen LogP contribution in [-0.2, 0) is 11.4 Å². The number of nitrogens with zero attached hydrogens (tertiary/aromatic N) is 1. The lowest BCUT2D eigenvalue weighted by atomic mass is 10.2. The Morgan fingerprint density at radius 2 is 1.73 bits per heavy atom. The van der Waals surface area contributed by atoms with Crippen LogP contribution >= 0.6 is 11.6 Å². The van der Waals surface area contributed by atoms with E-state index in [0.29, 0.717) is 22.9 Å². The number of ether oxygens (including phenoxy) is 1. The van der Waals surface area contributed by atoms with Gasteiger partial charge >= 0.3 is 0 Å². The zero-order valence-corrected chi connectivity index (χ0v) is 16.8. The van der Waals surface area contributed by atoms with E-state index in [1.807, 2.05) is 54.6 Å². The molecule has 3 rings (SSSR count). The van der Waals surface area contributed by atoms with E-state index >= 15 is 0 Å². The number of hydrogen-bond acceptors (Lipinski definition) is 4. The lowest BCUT2D eigenvalue weighted by Crippen LogP contribution is -2.34. The standard InChI is InChI=1S/C23H20ClN3O3/c24-20-11-9-19(10-12-20)23(29)25-15-22(28)27-26-14-18-7-4-8-21(13-18)30-16-17-5-2-1-3-6-17/h1-14H,15-16H2,(H,25,29)(H,27,28)/b26-14-. The van der Waals surface area contributed by atoms with Gasteiger partial charge in [-0.15, -0.1) is 0 Å². The third kappa shape index (κ3) is 6.76. The van der Waals surface area contributed by atoms with Crippen LogP contribution in [0.15, 0.2) is 84.0 Å². The summed E-state index contributed by atoms with van der Waals surface area (Å²) in [7, 11) is 0. The number of halogens is 1. The molecule has 152 valence electrons. The van der Waals surface area contributed by atoms with Crippen molar-refractivity contribution in [3.05, 3.63) is 101 Å². The monoisotopic (exact) mass is 421 g/mol. The van der Waals surface area contributed by atoms with Crippen molar-refractivity contribution >= 4 is 29.6 Å². The Kier molecular flexibility index (Phi) is 7.58. The van der Waals surface area contributed by atoms with Gasteiger partial charge in [-0.3, -0.25) is 9.59 Å². The van der Waals surface area contributed by atoms with E-state index in [9.17, 15) is 9.59 Å². The molecule has 0 aliphatic rings. The van der Waals surface area contributed by atoms with Crippen LogP contribution in [0.1, 0.15) is 21.5 Å². The van der Waals surface area contributed by atoms with Gasteiger partial charge in [-0.2, -0.15) is 5.10 Å². The van der Waals surface area contributed by atoms with Gasteiger partial charge in [0.1, 0.15) is 12.4 Å². The molecule has 0 fully saturated rings. The first-order valence-corrected chi connectivity index (χ1v) is 9.60. The predicted molar refractivity (Wildman–Crippen MR) is 117 cm³/mol. The van der Waals surface area contributed by atoms with Crippen molar-refractivity contribution in [3.8, 4) is 5.75 Å². The third-order valence-corrected chi connectivity index (χ3v) is 4.28. The second kappa shape index (κ2) is 10.8. The molecule has 0 aromatic heterocycles. The molecule has 0 aliphatic heterocycles. The number of rotatable bonds is 8. The average Bonchev–Trinajstić information content (AvgIpc) is 2.77. The minimum absolute atomic E-state index is 0.195. The van der Waals surface area contributed by atoms with Gasteiger partial charge in [0.2, 0.25) is 0 Å². The van der Waals surface area contributed by atoms with Crippen LogP contribution in [0, 0.1) is 0 Å². The van der Waals surface area contributed by atoms with Crippen molar-refractivity contribution < 1.29 is 14.3 Å². The van der Waals surface area contributed by atoms with Crippen LogP contribution < -0.4 is 15.5 Å². The SMILES string of the molecule is O=C(CNC(=O)c1ccc(Cl)cc1)N/N=C\c1cccc(OCc2ccccc2)c1. The van der Waals surface area contributed by atoms with E-state index in [2.05, 4.69) is 15.8 Å². The number of hydrogen-bond donors (Lipinski definition) is 2. The Bertz CT molecular complexity index is 1020. The second-order valence-electron chi connectivity index (χ2n) is 6.33. The molecule has 2 N–H and O–H groups in total. The highest BCUT2D eigenvalue weighted by Crippen LogP contribution is 2.14. The summed E-state index contributed by atoms with van der Waals surface area (Å²) in [5.74, 6) is -0.108. The second-order valence-corrected chi connectivity index (χ2v) is 6.77. The number of nitrogens with one attached hydrogen (secondary N) is 2. The molecule has 0 bridgehead atoms. The number of hydrazone groups is 1. The summed E-state index contributed by atoms with van der Waals surface area (Å²) in [6.45, 7) is 0.268. The van der Waals surface area contributed by atoms with Gasteiger partial charge in [0.25, 0.3) is 11.8 Å². The molecule has 7 heteroatoms. The van der Waals surface area contributed by atoms with Crippen LogP contribution in [0.4, 0.5) is 0 Å². The molecule has 6 nitrogen and oxygen atoms in total. The lowest BCUT2D eigenvalue weighted by Gasteiger charge is -2.07. The number of benzene rings is 3. The van der Waals surface area contributed by atoms with Gasteiger partial charge in [0.15, 0.2) is 0 Å². The zero-order valence-electron chi connectivity index (χ0n) is 16.0. The van der Waals surface area contributed by atoms with Crippen molar-refractivity contribution in [1.82, 2.24) is 10.7 Å². The molecule has 0 spiro atoms. The predicted octanol–water partition coefficient (Wildman–Crippen LogP) is 3.80. The molecule has 30 heavy (non-hydrogen) atoms. The Morgan fingerprint density at radius 1 is 0.967 bits per heavy atom. The van der Waals surface area contributed by atoms with Gasteiger partial charge < -0.3 is 10.1 Å². The molecule has 0 saturated carbocycles. The van der Waals surface area contributed by atoms with Gasteiger partial charge in [0, 0.05) is 10.6 Å². The maximum absolute atomic E-state index is 12.0. The van der Waals surface area contributed by atoms with Gasteiger partial charge in [-0.25, -0.2) is 5.43 Å². The first-order valence-electron chi connectivity index (χ1n) is 9.22. The first kappa shape index (κ1) is 21.1. The quantitative estimate of drug-likeness (QED) is 0.429. The number of amides is 2. The first-order chi connectivity index (χ1) is 14.6. The summed E-state index contributed by atoms with van der Waals surface area (Å²) in [6, 6.07) is 23.6. The smallest absolute Gasteiger partial charge is 0.259 e. The Hall–Kier alpha value is -3.64. The highest BCUT2D eigenvalue weighted by molar-refractivity contribution is 6.30. The number of carbonyl (C=O) groups excluding carboxylic acids is 2. The van der Waals surface area contributed by atoms with Crippen molar-refractivity contribution in [2.24, 2.45) is 5.10 Å². The molecule has 2 amide bonds. The summed E-state index contributed by atoms with van der Waals surface area (Å²) in [4.78, 5) is 23.8. The van der Waals surface area contributed by atoms with Crippen LogP contribution in [0.2, 0.25) is 5.02 Å². The molecule has 0 aliphatic carbocycles. The number of carbonyl (C=O) groups is 2. The van der Waals surface area contributed by atoms with Crippen LogP contribution in [0.5, 0.6) is 5.75 Å². The molecule has 0 radical (unpaired) electrons. The summed E-state index contributed by atoms with van der Waals surface area (Å²) in [5.41, 5.74) is 4.64. The van der Waals surface area contributed by atoms with Crippen molar-refractivity contribution in [2.75, 3.05) is 6.54 Å². The molecule has 0 unspecified atom stereocenters. The molecule has 0 heterocycles. The van der Waals surface area contributed by atoms with Gasteiger partial charge in [-0.05, 0) is 47.5 Å². The molecular formula is C23H20ClN3O3. The fourth-order valence-electron chi connectivity index (χ4n) is 2.51. The van der Waals surface area contributed by atoms with Crippen LogP contribution in [0.3, 0.4) is 0 Å². The van der Waals surface area contributed by atoms with E-state index in [1.54, 1.807) is 24.3 Å². The zero-order chi connectivity index (χ0) is 21.2. The highest BCUT2D eigenvalue weighted by Gasteiger charge is 2.07. The summed E-state index contributed by atoms with van der Waals surface area (Å²) < 4.78 is 5.77. The topological polar surface area (TPSA) is 79.8 Å². The molecule has 3 aromatic rings. The van der Waals surface area contributed by atoms with Crippen LogP contribution in [0.25, 0.3) is 0 Å². The lowest BCUT2D eigenvalue weighted by molar-refractivity contribution is -0.120. The Balaban J connectivity index is 1.44. The molecule has 3 aromatic carbocycles. The normalized spacial score (nSPS) is 10.6. The van der Waals surface area contributed by atoms with Gasteiger partial charge in [0.05, 0.1) is 12.8 Å². The van der Waals surface area contributed by atoms with Crippen molar-refractivity contribution in [2.45, 2.75) is 6.61 Å². The molecular weight excluding hydrogens is 402 g/mol. The summed E-state index contributed by atoms with van der Waals surface area (Å²) in [5, 5.41) is 6.97. The molecule has 0 atom stereocenters. The van der Waals surface area contributed by atoms with E-state index in [-0.39, 0.29) is 12.5 Å². The Labute approximate surface area is 179 Å². The van der Waals surface area contributed by atoms with Gasteiger partial charge in [-0.1, -0.05) is 54.1 Å². The Morgan fingerprint density at radius 3 is 2.50 bits per heavy atom. The summed E-state index contributed by atoms with van der Waals surface area (Å²) in [6.07, 6.45) is 1.51. The fraction of sp³-hybridized carbons (Fsp3) is 0.0870. The van der Waals surface area contributed by atoms with E-state index in [4.69, 9.17) is 16.3 Å². The van der Waals surface area contributed by atoms with E-state index < -0.39 is 5.91 Å². The minimum atomic E-state index is -0.440. The van der Waals surface area contributed by atoms with Crippen molar-refractivity contribution in [3.63, 3.8) is 0 Å². The average molecular weight is 422 g/mol. The maximum Gasteiger partial charge on any atom is 0.259 e. The highest BCUT2D eigenvalue weighted by atomic mass is 35.5. The largest absolute Gasteiger partial charge is 0.489 e.